The maximum absolute atomic E-state index is 11.7. The van der Waals surface area contributed by atoms with Gasteiger partial charge in [0.1, 0.15) is 5.75 Å². The van der Waals surface area contributed by atoms with Crippen molar-refractivity contribution < 1.29 is 9.53 Å². The van der Waals surface area contributed by atoms with Crippen LogP contribution in [0.2, 0.25) is 0 Å². The number of nitrogen functional groups attached to an aromatic ring is 1. The number of amides is 1. The molecular weight excluding hydrogens is 266 g/mol. The van der Waals surface area contributed by atoms with Gasteiger partial charge in [0.05, 0.1) is 19.7 Å². The topological polar surface area (TPSA) is 76.7 Å². The predicted octanol–water partition coefficient (Wildman–Crippen LogP) is 1.97. The van der Waals surface area contributed by atoms with Crippen LogP contribution in [0.25, 0.3) is 0 Å². The van der Waals surface area contributed by atoms with Gasteiger partial charge in [0.25, 0.3) is 0 Å². The van der Waals surface area contributed by atoms with Crippen LogP contribution in [-0.4, -0.2) is 19.2 Å². The Hall–Kier alpha value is -2.82. The number of hydrogen-bond acceptors (Lipinski definition) is 4. The molecule has 5 nitrogen and oxygen atoms in total. The van der Waals surface area contributed by atoms with E-state index in [4.69, 9.17) is 10.5 Å². The molecule has 108 valence electrons. The van der Waals surface area contributed by atoms with Crippen LogP contribution in [0, 0.1) is 0 Å². The summed E-state index contributed by atoms with van der Waals surface area (Å²) < 4.78 is 5.06. The molecule has 3 N–H and O–H groups in total. The van der Waals surface area contributed by atoms with Crippen molar-refractivity contribution >= 4 is 17.8 Å². The average Bonchev–Trinajstić information content (AvgIpc) is 2.50. The third kappa shape index (κ3) is 4.65. The smallest absolute Gasteiger partial charge is 0.244 e. The summed E-state index contributed by atoms with van der Waals surface area (Å²) in [7, 11) is 1.61. The minimum atomic E-state index is -0.176. The summed E-state index contributed by atoms with van der Waals surface area (Å²) >= 11 is 0. The third-order valence-corrected chi connectivity index (χ3v) is 2.86. The van der Waals surface area contributed by atoms with Crippen LogP contribution in [0.3, 0.4) is 0 Å². The summed E-state index contributed by atoms with van der Waals surface area (Å²) in [5.74, 6) is 0.601. The van der Waals surface area contributed by atoms with Crippen molar-refractivity contribution in [3.63, 3.8) is 0 Å². The molecule has 1 amide bonds. The maximum atomic E-state index is 11.7. The van der Waals surface area contributed by atoms with Crippen LogP contribution in [0.5, 0.6) is 5.75 Å². The Balaban J connectivity index is 1.85. The van der Waals surface area contributed by atoms with Crippen LogP contribution in [0.1, 0.15) is 11.1 Å². The van der Waals surface area contributed by atoms with Gasteiger partial charge in [0.15, 0.2) is 0 Å². The lowest BCUT2D eigenvalue weighted by atomic mass is 10.1. The third-order valence-electron chi connectivity index (χ3n) is 2.86. The van der Waals surface area contributed by atoms with Gasteiger partial charge in [-0.15, -0.1) is 0 Å². The number of rotatable bonds is 5. The molecule has 0 aliphatic carbocycles. The molecule has 0 aliphatic rings. The van der Waals surface area contributed by atoms with Crippen molar-refractivity contribution in [2.75, 3.05) is 12.8 Å². The van der Waals surface area contributed by atoms with Gasteiger partial charge in [-0.25, -0.2) is 5.43 Å². The molecule has 2 aromatic rings. The van der Waals surface area contributed by atoms with Gasteiger partial charge in [-0.2, -0.15) is 5.10 Å². The fraction of sp³-hybridized carbons (Fsp3) is 0.125. The first-order valence-electron chi connectivity index (χ1n) is 6.48. The molecule has 0 aliphatic heterocycles. The lowest BCUT2D eigenvalue weighted by Gasteiger charge is -2.01. The van der Waals surface area contributed by atoms with Gasteiger partial charge in [-0.3, -0.25) is 4.79 Å². The molecule has 0 saturated heterocycles. The predicted molar refractivity (Wildman–Crippen MR) is 83.3 cm³/mol. The summed E-state index contributed by atoms with van der Waals surface area (Å²) in [6.07, 6.45) is 1.85. The minimum Gasteiger partial charge on any atom is -0.497 e. The molecule has 0 unspecified atom stereocenters. The summed E-state index contributed by atoms with van der Waals surface area (Å²) in [5, 5.41) is 3.92. The second-order valence-corrected chi connectivity index (χ2v) is 4.48. The second kappa shape index (κ2) is 7.09. The summed E-state index contributed by atoms with van der Waals surface area (Å²) in [6, 6.07) is 14.6. The number of methoxy groups -OCH3 is 1. The Labute approximate surface area is 123 Å². The highest BCUT2D eigenvalue weighted by atomic mass is 16.5. The average molecular weight is 283 g/mol. The van der Waals surface area contributed by atoms with E-state index in [1.54, 1.807) is 25.5 Å². The molecule has 0 saturated carbocycles. The van der Waals surface area contributed by atoms with Gasteiger partial charge >= 0.3 is 0 Å². The lowest BCUT2D eigenvalue weighted by molar-refractivity contribution is -0.120. The fourth-order valence-electron chi connectivity index (χ4n) is 1.73. The Bertz CT molecular complexity index is 619. The molecule has 0 aromatic heterocycles. The zero-order chi connectivity index (χ0) is 15.1. The number of nitrogens with zero attached hydrogens (tertiary/aromatic N) is 1. The number of nitrogens with two attached hydrogens (primary N) is 1. The van der Waals surface area contributed by atoms with E-state index in [0.717, 1.165) is 16.9 Å². The van der Waals surface area contributed by atoms with Crippen molar-refractivity contribution in [1.29, 1.82) is 0 Å². The number of anilines is 1. The molecule has 5 heteroatoms. The van der Waals surface area contributed by atoms with E-state index in [1.807, 2.05) is 36.4 Å². The number of carbonyl (C=O) groups is 1. The van der Waals surface area contributed by atoms with Gasteiger partial charge in [0.2, 0.25) is 5.91 Å². The van der Waals surface area contributed by atoms with Crippen molar-refractivity contribution in [3.05, 3.63) is 59.7 Å². The molecular formula is C16H17N3O2. The Morgan fingerprint density at radius 2 is 1.86 bits per heavy atom. The van der Waals surface area contributed by atoms with Crippen LogP contribution in [-0.2, 0) is 11.2 Å². The van der Waals surface area contributed by atoms with E-state index in [9.17, 15) is 4.79 Å². The fourth-order valence-corrected chi connectivity index (χ4v) is 1.73. The Kier molecular flexibility index (Phi) is 4.93. The van der Waals surface area contributed by atoms with Gasteiger partial charge in [-0.1, -0.05) is 12.1 Å². The number of hydrazone groups is 1. The maximum Gasteiger partial charge on any atom is 0.244 e. The van der Waals surface area contributed by atoms with Crippen LogP contribution >= 0.6 is 0 Å². The largest absolute Gasteiger partial charge is 0.497 e. The standard InChI is InChI=1S/C16H17N3O2/c1-21-15-8-4-13(5-9-15)11-18-19-16(20)10-12-2-6-14(17)7-3-12/h2-9,11H,10,17H2,1H3,(H,19,20)/b18-11-. The normalized spacial score (nSPS) is 10.5. The molecule has 2 aromatic carbocycles. The monoisotopic (exact) mass is 283 g/mol. The van der Waals surface area contributed by atoms with Crippen molar-refractivity contribution in [2.24, 2.45) is 5.10 Å². The van der Waals surface area contributed by atoms with Gasteiger partial charge in [-0.05, 0) is 47.5 Å². The van der Waals surface area contributed by atoms with E-state index in [0.29, 0.717) is 5.69 Å². The SMILES string of the molecule is COc1ccc(/C=N\NC(=O)Cc2ccc(N)cc2)cc1. The highest BCUT2D eigenvalue weighted by Gasteiger charge is 2.01. The molecule has 0 radical (unpaired) electrons. The number of benzene rings is 2. The van der Waals surface area contributed by atoms with Crippen LogP contribution in [0.4, 0.5) is 5.69 Å². The van der Waals surface area contributed by atoms with Crippen LogP contribution in [0.15, 0.2) is 53.6 Å². The Morgan fingerprint density at radius 3 is 2.48 bits per heavy atom. The molecule has 0 heterocycles. The molecule has 0 fully saturated rings. The number of hydrogen-bond donors (Lipinski definition) is 2. The number of ether oxygens (including phenoxy) is 1. The highest BCUT2D eigenvalue weighted by molar-refractivity contribution is 5.83. The highest BCUT2D eigenvalue weighted by Crippen LogP contribution is 2.09. The van der Waals surface area contributed by atoms with Crippen molar-refractivity contribution in [2.45, 2.75) is 6.42 Å². The molecule has 2 rings (SSSR count). The van der Waals surface area contributed by atoms with E-state index < -0.39 is 0 Å². The minimum absolute atomic E-state index is 0.176. The van der Waals surface area contributed by atoms with E-state index in [2.05, 4.69) is 10.5 Å². The first-order valence-corrected chi connectivity index (χ1v) is 6.48. The number of carbonyl (C=O) groups excluding carboxylic acids is 1. The van der Waals surface area contributed by atoms with Crippen LogP contribution < -0.4 is 15.9 Å². The van der Waals surface area contributed by atoms with Crippen molar-refractivity contribution in [1.82, 2.24) is 5.43 Å². The zero-order valence-electron chi connectivity index (χ0n) is 11.7. The second-order valence-electron chi connectivity index (χ2n) is 4.48. The molecule has 0 spiro atoms. The summed E-state index contributed by atoms with van der Waals surface area (Å²) in [5.41, 5.74) is 10.5. The first kappa shape index (κ1) is 14.6. The summed E-state index contributed by atoms with van der Waals surface area (Å²) in [6.45, 7) is 0. The van der Waals surface area contributed by atoms with Crippen molar-refractivity contribution in [3.8, 4) is 5.75 Å². The lowest BCUT2D eigenvalue weighted by Crippen LogP contribution is -2.19. The van der Waals surface area contributed by atoms with Gasteiger partial charge in [0, 0.05) is 5.69 Å². The molecule has 0 atom stereocenters. The van der Waals surface area contributed by atoms with E-state index in [-0.39, 0.29) is 12.3 Å². The molecule has 21 heavy (non-hydrogen) atoms. The summed E-state index contributed by atoms with van der Waals surface area (Å²) in [4.78, 5) is 11.7. The zero-order valence-corrected chi connectivity index (χ0v) is 11.7. The first-order chi connectivity index (χ1) is 10.2. The van der Waals surface area contributed by atoms with Gasteiger partial charge < -0.3 is 10.5 Å². The number of nitrogens with one attached hydrogen (secondary N) is 1. The van der Waals surface area contributed by atoms with E-state index in [1.165, 1.54) is 0 Å². The quantitative estimate of drug-likeness (QED) is 0.500. The Morgan fingerprint density at radius 1 is 1.19 bits per heavy atom. The van der Waals surface area contributed by atoms with E-state index >= 15 is 0 Å². The molecule has 0 bridgehead atoms.